The smallest absolute Gasteiger partial charge is 0.329 e. The van der Waals surface area contributed by atoms with E-state index in [1.54, 1.807) is 13.0 Å². The summed E-state index contributed by atoms with van der Waals surface area (Å²) in [5.74, 6) is 6.60. The summed E-state index contributed by atoms with van der Waals surface area (Å²) in [6, 6.07) is 17.3. The molecule has 2 aromatic carbocycles. The fourth-order valence-corrected chi connectivity index (χ4v) is 6.22. The van der Waals surface area contributed by atoms with E-state index in [1.165, 1.54) is 0 Å². The van der Waals surface area contributed by atoms with Gasteiger partial charge in [0.25, 0.3) is 0 Å². The zero-order valence-corrected chi connectivity index (χ0v) is 24.3. The summed E-state index contributed by atoms with van der Waals surface area (Å²) in [7, 11) is -2.68. The summed E-state index contributed by atoms with van der Waals surface area (Å²) < 4.78 is 29.7. The average molecular weight is 536 g/mol. The van der Waals surface area contributed by atoms with Crippen LogP contribution < -0.4 is 0 Å². The standard InChI is InChI=1S/C33H33BF2N3O/c1-20-18-21(2)38(34(35)36)31(20)29(25-12-10-9-11-13-25)30-22(3)26(23(4)37-30)16-14-24-15-17-27-28(19-24)33(7,8)39(40)32(27,5)6/h9-13,15,17-19H,1-8H3/b30-29-. The monoisotopic (exact) mass is 536 g/mol. The van der Waals surface area contributed by atoms with Crippen molar-refractivity contribution < 1.29 is 13.8 Å². The SMILES string of the molecule is CC1=N/C(=C(/c2ccccc2)c2c(C)cc(C)n2B(F)F)C(C)=C1C#Cc1ccc2c(c1)C(C)(C)N([O])C2(C)C. The Morgan fingerprint density at radius 2 is 1.52 bits per heavy atom. The predicted octanol–water partition coefficient (Wildman–Crippen LogP) is 7.61. The lowest BCUT2D eigenvalue weighted by molar-refractivity contribution is -0.266. The maximum absolute atomic E-state index is 14.3. The number of allylic oxidation sites excluding steroid dienone is 2. The van der Waals surface area contributed by atoms with Gasteiger partial charge in [0, 0.05) is 22.5 Å². The van der Waals surface area contributed by atoms with E-state index < -0.39 is 18.5 Å². The van der Waals surface area contributed by atoms with Gasteiger partial charge >= 0.3 is 7.40 Å². The van der Waals surface area contributed by atoms with Gasteiger partial charge in [0.2, 0.25) is 0 Å². The third-order valence-corrected chi connectivity index (χ3v) is 8.21. The van der Waals surface area contributed by atoms with Gasteiger partial charge in [-0.2, -0.15) is 0 Å². The molecule has 2 aliphatic rings. The molecule has 4 nitrogen and oxygen atoms in total. The molecule has 3 heterocycles. The number of aromatic nitrogens is 1. The van der Waals surface area contributed by atoms with Crippen molar-refractivity contribution >= 4 is 18.7 Å². The highest BCUT2D eigenvalue weighted by Gasteiger charge is 2.49. The zero-order chi connectivity index (χ0) is 29.1. The molecule has 7 heteroatoms. The second-order valence-electron chi connectivity index (χ2n) is 11.7. The van der Waals surface area contributed by atoms with Crippen LogP contribution in [0, 0.1) is 25.7 Å². The van der Waals surface area contributed by atoms with Gasteiger partial charge in [0.05, 0.1) is 28.1 Å². The van der Waals surface area contributed by atoms with Gasteiger partial charge in [0.1, 0.15) is 0 Å². The van der Waals surface area contributed by atoms with E-state index >= 15 is 0 Å². The first kappa shape index (κ1) is 27.8. The topological polar surface area (TPSA) is 40.4 Å². The van der Waals surface area contributed by atoms with Gasteiger partial charge < -0.3 is 4.48 Å². The zero-order valence-electron chi connectivity index (χ0n) is 24.3. The molecule has 40 heavy (non-hydrogen) atoms. The average Bonchev–Trinajstić information content (AvgIpc) is 3.40. The van der Waals surface area contributed by atoms with Gasteiger partial charge in [-0.1, -0.05) is 48.2 Å². The van der Waals surface area contributed by atoms with Crippen LogP contribution >= 0.6 is 0 Å². The van der Waals surface area contributed by atoms with Gasteiger partial charge in [-0.05, 0) is 101 Å². The van der Waals surface area contributed by atoms with Crippen LogP contribution in [0.2, 0.25) is 0 Å². The third-order valence-electron chi connectivity index (χ3n) is 8.21. The molecule has 1 radical (unpaired) electrons. The summed E-state index contributed by atoms with van der Waals surface area (Å²) in [5.41, 5.74) is 7.74. The van der Waals surface area contributed by atoms with Gasteiger partial charge in [-0.15, -0.1) is 10.3 Å². The van der Waals surface area contributed by atoms with E-state index in [9.17, 15) is 13.8 Å². The minimum absolute atomic E-state index is 0.462. The van der Waals surface area contributed by atoms with Crippen molar-refractivity contribution in [1.82, 2.24) is 9.54 Å². The number of hydrogen-bond donors (Lipinski definition) is 0. The van der Waals surface area contributed by atoms with Crippen molar-refractivity contribution in [3.05, 3.63) is 111 Å². The Morgan fingerprint density at radius 1 is 0.875 bits per heavy atom. The van der Waals surface area contributed by atoms with Gasteiger partial charge in [-0.25, -0.2) is 0 Å². The summed E-state index contributed by atoms with van der Waals surface area (Å²) in [5, 5.41) is 14.2. The number of hydrogen-bond acceptors (Lipinski definition) is 2. The summed E-state index contributed by atoms with van der Waals surface area (Å²) in [6.45, 7) is 15.2. The minimum Gasteiger partial charge on any atom is -0.329 e. The molecule has 0 fully saturated rings. The lowest BCUT2D eigenvalue weighted by atomic mass is 9.89. The predicted molar refractivity (Wildman–Crippen MR) is 157 cm³/mol. The quantitative estimate of drug-likeness (QED) is 0.251. The van der Waals surface area contributed by atoms with Crippen LogP contribution in [0.3, 0.4) is 0 Å². The molecule has 0 N–H and O–H groups in total. The molecule has 5 rings (SSSR count). The van der Waals surface area contributed by atoms with Crippen molar-refractivity contribution in [3.8, 4) is 11.8 Å². The number of aryl methyl sites for hydroxylation is 2. The minimum atomic E-state index is -2.68. The lowest BCUT2D eigenvalue weighted by Crippen LogP contribution is -2.41. The van der Waals surface area contributed by atoms with E-state index in [0.717, 1.165) is 54.2 Å². The molecule has 0 bridgehead atoms. The van der Waals surface area contributed by atoms with Crippen LogP contribution in [0.1, 0.15) is 80.7 Å². The number of aliphatic imine (C=N–C) groups is 1. The number of fused-ring (bicyclic) bond motifs is 1. The molecule has 0 amide bonds. The number of rotatable bonds is 3. The summed E-state index contributed by atoms with van der Waals surface area (Å²) in [4.78, 5) is 4.89. The highest BCUT2D eigenvalue weighted by molar-refractivity contribution is 6.41. The number of benzene rings is 2. The molecule has 0 spiro atoms. The van der Waals surface area contributed by atoms with Crippen molar-refractivity contribution in [3.63, 3.8) is 0 Å². The Balaban J connectivity index is 1.67. The molecule has 0 atom stereocenters. The Bertz CT molecular complexity index is 1680. The van der Waals surface area contributed by atoms with Crippen LogP contribution in [-0.4, -0.2) is 22.7 Å². The fourth-order valence-electron chi connectivity index (χ4n) is 6.22. The summed E-state index contributed by atoms with van der Waals surface area (Å²) in [6.07, 6.45) is 0. The maximum atomic E-state index is 14.3. The Hall–Kier alpha value is -3.73. The first-order valence-electron chi connectivity index (χ1n) is 13.4. The summed E-state index contributed by atoms with van der Waals surface area (Å²) >= 11 is 0. The molecular formula is C33H33BF2N3O. The first-order valence-corrected chi connectivity index (χ1v) is 13.4. The van der Waals surface area contributed by atoms with Crippen LogP contribution in [0.25, 0.3) is 5.57 Å². The fraction of sp³-hybridized carbons (Fsp3) is 0.303. The van der Waals surface area contributed by atoms with Crippen molar-refractivity contribution in [2.75, 3.05) is 0 Å². The largest absolute Gasteiger partial charge is 0.677 e. The molecule has 2 aliphatic heterocycles. The van der Waals surface area contributed by atoms with Crippen LogP contribution in [0.5, 0.6) is 0 Å². The van der Waals surface area contributed by atoms with Gasteiger partial charge in [0.15, 0.2) is 0 Å². The molecule has 0 unspecified atom stereocenters. The van der Waals surface area contributed by atoms with Gasteiger partial charge in [-0.3, -0.25) is 13.6 Å². The molecule has 3 aromatic rings. The lowest BCUT2D eigenvalue weighted by Gasteiger charge is -2.32. The van der Waals surface area contributed by atoms with Crippen LogP contribution in [0.15, 0.2) is 76.4 Å². The molecule has 0 saturated carbocycles. The van der Waals surface area contributed by atoms with Crippen molar-refractivity contribution in [2.24, 2.45) is 4.99 Å². The first-order chi connectivity index (χ1) is 18.8. The molecule has 0 saturated heterocycles. The van der Waals surface area contributed by atoms with Crippen LogP contribution in [0.4, 0.5) is 8.63 Å². The van der Waals surface area contributed by atoms with Crippen LogP contribution in [-0.2, 0) is 16.3 Å². The second-order valence-corrected chi connectivity index (χ2v) is 11.7. The highest BCUT2D eigenvalue weighted by atomic mass is 19.2. The molecule has 203 valence electrons. The van der Waals surface area contributed by atoms with E-state index in [0.29, 0.717) is 22.7 Å². The Kier molecular flexibility index (Phi) is 6.77. The van der Waals surface area contributed by atoms with E-state index in [-0.39, 0.29) is 0 Å². The van der Waals surface area contributed by atoms with E-state index in [1.807, 2.05) is 97.0 Å². The third kappa shape index (κ3) is 4.27. The number of halogens is 2. The van der Waals surface area contributed by atoms with E-state index in [4.69, 9.17) is 4.99 Å². The highest BCUT2D eigenvalue weighted by Crippen LogP contribution is 2.48. The van der Waals surface area contributed by atoms with Crippen molar-refractivity contribution in [1.29, 1.82) is 0 Å². The molecule has 1 aromatic heterocycles. The normalized spacial score (nSPS) is 18.8. The van der Waals surface area contributed by atoms with Crippen molar-refractivity contribution in [2.45, 2.75) is 66.5 Å². The molecule has 0 aliphatic carbocycles. The van der Waals surface area contributed by atoms with E-state index in [2.05, 4.69) is 11.8 Å². The maximum Gasteiger partial charge on any atom is 0.677 e. The Morgan fingerprint density at radius 3 is 2.17 bits per heavy atom. The second kappa shape index (κ2) is 9.73. The number of nitrogens with zero attached hydrogens (tertiary/aromatic N) is 3. The molecular weight excluding hydrogens is 503 g/mol. The number of hydroxylamine groups is 2. The Labute approximate surface area is 235 Å².